The van der Waals surface area contributed by atoms with E-state index < -0.39 is 0 Å². The number of aryl methyl sites for hydroxylation is 1. The standard InChI is InChI=1S/C23H33N5O3S/c1-4-26-13-6-7-19(26)15-27(14-12-21(30)31-5-2)20(29)16-28-22(24-25-23(28)32)18-10-8-17(3)9-11-18/h8-11,19H,4-7,12-16H2,1-3H3,(H,25,32). The van der Waals surface area contributed by atoms with Crippen LogP contribution in [0.2, 0.25) is 0 Å². The van der Waals surface area contributed by atoms with Crippen molar-refractivity contribution in [3.63, 3.8) is 0 Å². The molecule has 0 radical (unpaired) electrons. The van der Waals surface area contributed by atoms with Crippen molar-refractivity contribution in [1.29, 1.82) is 0 Å². The SMILES string of the molecule is CCOC(=O)CCN(CC1CCCN1CC)C(=O)Cn1c(-c2ccc(C)cc2)n[nH]c1=S. The number of amides is 1. The zero-order chi connectivity index (χ0) is 23.1. The average Bonchev–Trinajstić information content (AvgIpc) is 3.38. The number of hydrogen-bond acceptors (Lipinski definition) is 6. The minimum Gasteiger partial charge on any atom is -0.466 e. The van der Waals surface area contributed by atoms with Gasteiger partial charge in [-0.25, -0.2) is 0 Å². The zero-order valence-electron chi connectivity index (χ0n) is 19.2. The monoisotopic (exact) mass is 459 g/mol. The Morgan fingerprint density at radius 3 is 2.72 bits per heavy atom. The highest BCUT2D eigenvalue weighted by molar-refractivity contribution is 7.71. The molecule has 1 aliphatic rings. The van der Waals surface area contributed by atoms with Crippen molar-refractivity contribution in [2.45, 2.75) is 52.6 Å². The molecule has 2 heterocycles. The van der Waals surface area contributed by atoms with Crippen LogP contribution in [0.4, 0.5) is 0 Å². The van der Waals surface area contributed by atoms with Gasteiger partial charge in [0.1, 0.15) is 6.54 Å². The molecular formula is C23H33N5O3S. The molecule has 174 valence electrons. The van der Waals surface area contributed by atoms with Crippen LogP contribution in [0.15, 0.2) is 24.3 Å². The van der Waals surface area contributed by atoms with Crippen LogP contribution in [0.3, 0.4) is 0 Å². The van der Waals surface area contributed by atoms with Gasteiger partial charge in [0.15, 0.2) is 10.6 Å². The van der Waals surface area contributed by atoms with Crippen molar-refractivity contribution in [3.05, 3.63) is 34.6 Å². The zero-order valence-corrected chi connectivity index (χ0v) is 20.0. The lowest BCUT2D eigenvalue weighted by atomic mass is 10.1. The van der Waals surface area contributed by atoms with Gasteiger partial charge in [-0.3, -0.25) is 24.2 Å². The van der Waals surface area contributed by atoms with Gasteiger partial charge in [-0.1, -0.05) is 36.8 Å². The van der Waals surface area contributed by atoms with Crippen molar-refractivity contribution in [2.24, 2.45) is 0 Å². The summed E-state index contributed by atoms with van der Waals surface area (Å²) in [6, 6.07) is 8.25. The summed E-state index contributed by atoms with van der Waals surface area (Å²) in [6.45, 7) is 9.28. The van der Waals surface area contributed by atoms with Crippen LogP contribution < -0.4 is 0 Å². The number of carbonyl (C=O) groups is 2. The molecule has 1 N–H and O–H groups in total. The highest BCUT2D eigenvalue weighted by Crippen LogP contribution is 2.20. The Labute approximate surface area is 194 Å². The Bertz CT molecular complexity index is 969. The molecule has 1 aromatic heterocycles. The fraction of sp³-hybridized carbons (Fsp3) is 0.565. The lowest BCUT2D eigenvalue weighted by Gasteiger charge is -2.30. The van der Waals surface area contributed by atoms with Crippen molar-refractivity contribution in [1.82, 2.24) is 24.6 Å². The molecule has 1 atom stereocenters. The van der Waals surface area contributed by atoms with Gasteiger partial charge in [0.25, 0.3) is 0 Å². The molecule has 2 aromatic rings. The first kappa shape index (κ1) is 24.1. The van der Waals surface area contributed by atoms with Gasteiger partial charge in [0.2, 0.25) is 5.91 Å². The van der Waals surface area contributed by atoms with Gasteiger partial charge in [-0.05, 0) is 52.0 Å². The first-order valence-electron chi connectivity index (χ1n) is 11.3. The maximum atomic E-state index is 13.4. The van der Waals surface area contributed by atoms with Gasteiger partial charge in [-0.2, -0.15) is 5.10 Å². The summed E-state index contributed by atoms with van der Waals surface area (Å²) in [4.78, 5) is 29.5. The average molecular weight is 460 g/mol. The van der Waals surface area contributed by atoms with Crippen molar-refractivity contribution in [3.8, 4) is 11.4 Å². The molecule has 0 aliphatic carbocycles. The molecule has 0 saturated carbocycles. The largest absolute Gasteiger partial charge is 0.466 e. The highest BCUT2D eigenvalue weighted by atomic mass is 32.1. The van der Waals surface area contributed by atoms with Gasteiger partial charge < -0.3 is 9.64 Å². The number of ether oxygens (including phenoxy) is 1. The third-order valence-corrected chi connectivity index (χ3v) is 6.25. The molecule has 1 aliphatic heterocycles. The molecule has 1 aromatic carbocycles. The van der Waals surface area contributed by atoms with E-state index in [1.807, 2.05) is 31.2 Å². The maximum absolute atomic E-state index is 13.4. The Hall–Kier alpha value is -2.52. The second-order valence-corrected chi connectivity index (χ2v) is 8.51. The van der Waals surface area contributed by atoms with E-state index in [-0.39, 0.29) is 24.8 Å². The number of H-pyrrole nitrogens is 1. The molecule has 0 spiro atoms. The summed E-state index contributed by atoms with van der Waals surface area (Å²) in [7, 11) is 0. The molecule has 1 saturated heterocycles. The van der Waals surface area contributed by atoms with Crippen LogP contribution in [0.1, 0.15) is 38.7 Å². The highest BCUT2D eigenvalue weighted by Gasteiger charge is 2.28. The molecule has 1 amide bonds. The molecule has 9 heteroatoms. The van der Waals surface area contributed by atoms with Gasteiger partial charge in [0, 0.05) is 24.7 Å². The van der Waals surface area contributed by atoms with E-state index in [4.69, 9.17) is 17.0 Å². The maximum Gasteiger partial charge on any atom is 0.307 e. The van der Waals surface area contributed by atoms with Crippen LogP contribution in [0.25, 0.3) is 11.4 Å². The number of nitrogens with one attached hydrogen (secondary N) is 1. The fourth-order valence-corrected chi connectivity index (χ4v) is 4.37. The summed E-state index contributed by atoms with van der Waals surface area (Å²) in [6.07, 6.45) is 2.36. The van der Waals surface area contributed by atoms with Gasteiger partial charge in [0.05, 0.1) is 13.0 Å². The van der Waals surface area contributed by atoms with Crippen LogP contribution in [-0.4, -0.2) is 75.3 Å². The Morgan fingerprint density at radius 2 is 2.03 bits per heavy atom. The lowest BCUT2D eigenvalue weighted by molar-refractivity contribution is -0.144. The van der Waals surface area contributed by atoms with E-state index in [0.29, 0.717) is 36.3 Å². The summed E-state index contributed by atoms with van der Waals surface area (Å²) in [5.41, 5.74) is 2.04. The predicted molar refractivity (Wildman–Crippen MR) is 126 cm³/mol. The molecule has 1 fully saturated rings. The van der Waals surface area contributed by atoms with Crippen LogP contribution >= 0.6 is 12.2 Å². The van der Waals surface area contributed by atoms with E-state index in [1.54, 1.807) is 16.4 Å². The number of likely N-dealkylation sites (tertiary alicyclic amines) is 1. The second-order valence-electron chi connectivity index (χ2n) is 8.12. The third-order valence-electron chi connectivity index (χ3n) is 5.94. The van der Waals surface area contributed by atoms with Crippen LogP contribution in [0, 0.1) is 11.7 Å². The predicted octanol–water partition coefficient (Wildman–Crippen LogP) is 3.18. The third kappa shape index (κ3) is 6.04. The quantitative estimate of drug-likeness (QED) is 0.434. The van der Waals surface area contributed by atoms with E-state index in [2.05, 4.69) is 22.0 Å². The summed E-state index contributed by atoms with van der Waals surface area (Å²) >= 11 is 5.42. The molecule has 3 rings (SSSR count). The molecular weight excluding hydrogens is 426 g/mol. The Kier molecular flexibility index (Phi) is 8.58. The summed E-state index contributed by atoms with van der Waals surface area (Å²) < 4.78 is 7.20. The van der Waals surface area contributed by atoms with E-state index in [9.17, 15) is 9.59 Å². The van der Waals surface area contributed by atoms with Gasteiger partial charge in [-0.15, -0.1) is 0 Å². The lowest BCUT2D eigenvalue weighted by Crippen LogP contribution is -2.45. The number of aromatic amines is 1. The molecule has 0 bridgehead atoms. The van der Waals surface area contributed by atoms with E-state index in [0.717, 1.165) is 37.1 Å². The van der Waals surface area contributed by atoms with Crippen molar-refractivity contribution >= 4 is 24.1 Å². The number of carbonyl (C=O) groups excluding carboxylic acids is 2. The Morgan fingerprint density at radius 1 is 1.28 bits per heavy atom. The number of rotatable bonds is 10. The van der Waals surface area contributed by atoms with E-state index in [1.165, 1.54) is 0 Å². The number of nitrogens with zero attached hydrogens (tertiary/aromatic N) is 4. The van der Waals surface area contributed by atoms with Crippen LogP contribution in [-0.2, 0) is 20.9 Å². The van der Waals surface area contributed by atoms with E-state index >= 15 is 0 Å². The number of likely N-dealkylation sites (N-methyl/N-ethyl adjacent to an activating group) is 1. The molecule has 1 unspecified atom stereocenters. The number of aromatic nitrogens is 3. The van der Waals surface area contributed by atoms with Crippen LogP contribution in [0.5, 0.6) is 0 Å². The first-order valence-corrected chi connectivity index (χ1v) is 11.7. The number of hydrogen-bond donors (Lipinski definition) is 1. The second kappa shape index (κ2) is 11.4. The number of esters is 1. The van der Waals surface area contributed by atoms with Gasteiger partial charge >= 0.3 is 5.97 Å². The minimum atomic E-state index is -0.288. The summed E-state index contributed by atoms with van der Waals surface area (Å²) in [5.74, 6) is 0.261. The number of benzene rings is 1. The molecule has 8 nitrogen and oxygen atoms in total. The van der Waals surface area contributed by atoms with Crippen molar-refractivity contribution in [2.75, 3.05) is 32.8 Å². The Balaban J connectivity index is 1.78. The fourth-order valence-electron chi connectivity index (χ4n) is 4.17. The normalized spacial score (nSPS) is 16.3. The molecule has 32 heavy (non-hydrogen) atoms. The first-order chi connectivity index (χ1) is 15.4. The van der Waals surface area contributed by atoms with Crippen molar-refractivity contribution < 1.29 is 14.3 Å². The minimum absolute atomic E-state index is 0.0697. The topological polar surface area (TPSA) is 83.5 Å². The smallest absolute Gasteiger partial charge is 0.307 e. The summed E-state index contributed by atoms with van der Waals surface area (Å²) in [5, 5.41) is 7.16.